The van der Waals surface area contributed by atoms with Crippen molar-refractivity contribution in [3.63, 3.8) is 0 Å². The van der Waals surface area contributed by atoms with Gasteiger partial charge in [0.05, 0.1) is 30.9 Å². The molecule has 0 amide bonds. The van der Waals surface area contributed by atoms with E-state index >= 15 is 0 Å². The van der Waals surface area contributed by atoms with E-state index in [2.05, 4.69) is 16.0 Å². The maximum absolute atomic E-state index is 13.3. The van der Waals surface area contributed by atoms with Gasteiger partial charge in [0.1, 0.15) is 17.0 Å². The average molecular weight is 496 g/mol. The number of anilines is 1. The predicted octanol–water partition coefficient (Wildman–Crippen LogP) is 2.14. The molecule has 1 N–H and O–H groups in total. The zero-order valence-electron chi connectivity index (χ0n) is 19.3. The van der Waals surface area contributed by atoms with Gasteiger partial charge in [-0.25, -0.2) is 18.4 Å². The summed E-state index contributed by atoms with van der Waals surface area (Å²) in [5.41, 5.74) is 2.28. The minimum Gasteiger partial charge on any atom is -0.486 e. The first-order valence-electron chi connectivity index (χ1n) is 11.6. The molecular weight excluding hydrogens is 470 g/mol. The largest absolute Gasteiger partial charge is 0.486 e. The maximum atomic E-state index is 13.3. The van der Waals surface area contributed by atoms with Gasteiger partial charge in [0.15, 0.2) is 27.2 Å². The molecule has 0 bridgehead atoms. The lowest BCUT2D eigenvalue weighted by atomic mass is 9.93. The molecule has 0 aliphatic carbocycles. The van der Waals surface area contributed by atoms with E-state index in [9.17, 15) is 13.7 Å². The van der Waals surface area contributed by atoms with E-state index in [1.54, 1.807) is 18.3 Å². The second kappa shape index (κ2) is 8.19. The molecule has 1 aromatic carbocycles. The molecule has 3 aliphatic heterocycles. The van der Waals surface area contributed by atoms with E-state index in [-0.39, 0.29) is 18.9 Å². The van der Waals surface area contributed by atoms with Gasteiger partial charge in [-0.1, -0.05) is 0 Å². The molecule has 5 heterocycles. The van der Waals surface area contributed by atoms with Gasteiger partial charge in [-0.15, -0.1) is 0 Å². The molecule has 0 spiro atoms. The van der Waals surface area contributed by atoms with Crippen molar-refractivity contribution in [2.24, 2.45) is 0 Å². The quantitative estimate of drug-likeness (QED) is 0.581. The molecule has 2 fully saturated rings. The molecule has 11 heteroatoms. The molecular formula is C24H25N5O5S. The second-order valence-electron chi connectivity index (χ2n) is 9.24. The number of morpholine rings is 1. The summed E-state index contributed by atoms with van der Waals surface area (Å²) < 4.78 is 42.8. The van der Waals surface area contributed by atoms with Crippen LogP contribution in [0.15, 0.2) is 24.4 Å². The standard InChI is InChI=1S/C24H25N5O5S/c1-35(30,31)24(3-7-32-8-4-24)21-20-23(29-6-9-33-13-16(29)14-34-20)28-22(27-21)18-10-15(12-25)11-19-17(18)2-5-26-19/h2,5,10-11,16,26H,3-4,6-9,13-14H2,1H3. The number of ether oxygens (including phenoxy) is 3. The van der Waals surface area contributed by atoms with Crippen LogP contribution in [0.4, 0.5) is 5.82 Å². The molecule has 10 nitrogen and oxygen atoms in total. The summed E-state index contributed by atoms with van der Waals surface area (Å²) >= 11 is 0. The van der Waals surface area contributed by atoms with Gasteiger partial charge >= 0.3 is 0 Å². The first kappa shape index (κ1) is 22.3. The summed E-state index contributed by atoms with van der Waals surface area (Å²) in [7, 11) is -3.60. The van der Waals surface area contributed by atoms with Gasteiger partial charge in [-0.3, -0.25) is 0 Å². The number of nitrogens with zero attached hydrogens (tertiary/aromatic N) is 4. The van der Waals surface area contributed by atoms with Gasteiger partial charge in [0, 0.05) is 48.7 Å². The molecule has 0 radical (unpaired) electrons. The van der Waals surface area contributed by atoms with E-state index < -0.39 is 14.6 Å². The topological polar surface area (TPSA) is 130 Å². The van der Waals surface area contributed by atoms with Gasteiger partial charge in [0.2, 0.25) is 0 Å². The maximum Gasteiger partial charge on any atom is 0.185 e. The molecule has 3 aliphatic rings. The highest BCUT2D eigenvalue weighted by molar-refractivity contribution is 7.91. The molecule has 3 aromatic rings. The van der Waals surface area contributed by atoms with Gasteiger partial charge in [0.25, 0.3) is 0 Å². The Balaban J connectivity index is 1.66. The highest BCUT2D eigenvalue weighted by Gasteiger charge is 2.50. The number of nitrogens with one attached hydrogen (secondary N) is 1. The number of nitriles is 1. The summed E-state index contributed by atoms with van der Waals surface area (Å²) in [5, 5.41) is 10.5. The van der Waals surface area contributed by atoms with E-state index in [1.165, 1.54) is 6.26 Å². The third kappa shape index (κ3) is 3.47. The van der Waals surface area contributed by atoms with Crippen LogP contribution in [0, 0.1) is 11.3 Å². The minimum absolute atomic E-state index is 0.0200. The van der Waals surface area contributed by atoms with Crippen LogP contribution in [0.25, 0.3) is 22.3 Å². The zero-order valence-corrected chi connectivity index (χ0v) is 20.1. The Morgan fingerprint density at radius 1 is 1.17 bits per heavy atom. The van der Waals surface area contributed by atoms with E-state index in [0.717, 1.165) is 10.9 Å². The number of aromatic amines is 1. The summed E-state index contributed by atoms with van der Waals surface area (Å²) in [6.45, 7) is 2.65. The van der Waals surface area contributed by atoms with Crippen LogP contribution in [0.1, 0.15) is 24.1 Å². The zero-order chi connectivity index (χ0) is 24.2. The Morgan fingerprint density at radius 2 is 2.00 bits per heavy atom. The summed E-state index contributed by atoms with van der Waals surface area (Å²) in [6, 6.07) is 7.61. The van der Waals surface area contributed by atoms with Crippen LogP contribution in [0.2, 0.25) is 0 Å². The molecule has 1 unspecified atom stereocenters. The molecule has 0 saturated carbocycles. The van der Waals surface area contributed by atoms with Crippen LogP contribution in [0.3, 0.4) is 0 Å². The third-order valence-corrected chi connectivity index (χ3v) is 9.27. The van der Waals surface area contributed by atoms with Gasteiger partial charge in [-0.05, 0) is 31.0 Å². The van der Waals surface area contributed by atoms with Crippen LogP contribution < -0.4 is 9.64 Å². The number of sulfone groups is 1. The predicted molar refractivity (Wildman–Crippen MR) is 128 cm³/mol. The number of rotatable bonds is 3. The van der Waals surface area contributed by atoms with Crippen molar-refractivity contribution in [2.45, 2.75) is 23.6 Å². The number of aromatic nitrogens is 3. The number of H-pyrrole nitrogens is 1. The van der Waals surface area contributed by atoms with Gasteiger partial charge in [-0.2, -0.15) is 5.26 Å². The minimum atomic E-state index is -3.60. The molecule has 2 saturated heterocycles. The van der Waals surface area contributed by atoms with Crippen LogP contribution in [-0.2, 0) is 24.1 Å². The van der Waals surface area contributed by atoms with E-state index in [1.807, 2.05) is 6.07 Å². The van der Waals surface area contributed by atoms with E-state index in [0.29, 0.717) is 73.8 Å². The fraction of sp³-hybridized carbons (Fsp3) is 0.458. The Bertz CT molecular complexity index is 1450. The fourth-order valence-corrected chi connectivity index (χ4v) is 6.75. The van der Waals surface area contributed by atoms with Crippen LogP contribution in [-0.4, -0.2) is 75.2 Å². The number of hydrogen-bond acceptors (Lipinski definition) is 9. The monoisotopic (exact) mass is 495 g/mol. The number of hydrogen-bond donors (Lipinski definition) is 1. The van der Waals surface area contributed by atoms with Crippen molar-refractivity contribution in [2.75, 3.05) is 50.7 Å². The lowest BCUT2D eigenvalue weighted by Crippen LogP contribution is -2.52. The number of fused-ring (bicyclic) bond motifs is 4. The molecule has 35 heavy (non-hydrogen) atoms. The third-order valence-electron chi connectivity index (χ3n) is 7.25. The van der Waals surface area contributed by atoms with Crippen molar-refractivity contribution in [3.8, 4) is 23.2 Å². The van der Waals surface area contributed by atoms with Crippen molar-refractivity contribution in [3.05, 3.63) is 35.7 Å². The van der Waals surface area contributed by atoms with Crippen molar-refractivity contribution in [1.29, 1.82) is 5.26 Å². The first-order chi connectivity index (χ1) is 16.9. The summed E-state index contributed by atoms with van der Waals surface area (Å²) in [4.78, 5) is 15.1. The molecule has 182 valence electrons. The second-order valence-corrected chi connectivity index (χ2v) is 11.6. The van der Waals surface area contributed by atoms with Crippen molar-refractivity contribution in [1.82, 2.24) is 15.0 Å². The fourth-order valence-electron chi connectivity index (χ4n) is 5.35. The molecule has 2 aromatic heterocycles. The summed E-state index contributed by atoms with van der Waals surface area (Å²) in [5.74, 6) is 1.36. The lowest BCUT2D eigenvalue weighted by molar-refractivity contribution is 0.0640. The van der Waals surface area contributed by atoms with Gasteiger partial charge < -0.3 is 24.1 Å². The van der Waals surface area contributed by atoms with E-state index in [4.69, 9.17) is 24.2 Å². The van der Waals surface area contributed by atoms with Crippen molar-refractivity contribution < 1.29 is 22.6 Å². The smallest absolute Gasteiger partial charge is 0.185 e. The highest BCUT2D eigenvalue weighted by Crippen LogP contribution is 2.48. The Morgan fingerprint density at radius 3 is 2.77 bits per heavy atom. The molecule has 1 atom stereocenters. The van der Waals surface area contributed by atoms with Crippen LogP contribution in [0.5, 0.6) is 5.75 Å². The SMILES string of the molecule is CS(=O)(=O)C1(c2nc(-c3cc(C#N)cc4[nH]ccc34)nc3c2OCC2COCCN32)CCOCC1. The number of benzene rings is 1. The Labute approximate surface area is 202 Å². The summed E-state index contributed by atoms with van der Waals surface area (Å²) in [6.07, 6.45) is 3.62. The normalized spacial score (nSPS) is 21.6. The Kier molecular flexibility index (Phi) is 5.21. The highest BCUT2D eigenvalue weighted by atomic mass is 32.2. The van der Waals surface area contributed by atoms with Crippen LogP contribution >= 0.6 is 0 Å². The molecule has 6 rings (SSSR count). The Hall–Kier alpha value is -3.20. The van der Waals surface area contributed by atoms with Crippen molar-refractivity contribution >= 4 is 26.6 Å². The lowest BCUT2D eigenvalue weighted by Gasteiger charge is -2.43. The average Bonchev–Trinajstić information content (AvgIpc) is 3.36. The first-order valence-corrected chi connectivity index (χ1v) is 13.5.